The van der Waals surface area contributed by atoms with Crippen molar-refractivity contribution in [2.24, 2.45) is 0 Å². The summed E-state index contributed by atoms with van der Waals surface area (Å²) in [6.45, 7) is 2.01. The van der Waals surface area contributed by atoms with E-state index in [1.54, 1.807) is 18.3 Å². The summed E-state index contributed by atoms with van der Waals surface area (Å²) in [6.07, 6.45) is 2.52. The van der Waals surface area contributed by atoms with Crippen molar-refractivity contribution in [3.63, 3.8) is 0 Å². The second-order valence-electron chi connectivity index (χ2n) is 4.39. The van der Waals surface area contributed by atoms with Gasteiger partial charge in [0.2, 0.25) is 5.95 Å². The minimum atomic E-state index is -0.279. The predicted molar refractivity (Wildman–Crippen MR) is 76.4 cm³/mol. The number of carbonyl (C=O) groups excluding carboxylic acids is 1. The van der Waals surface area contributed by atoms with Crippen molar-refractivity contribution in [1.82, 2.24) is 19.9 Å². The van der Waals surface area contributed by atoms with Gasteiger partial charge in [0.15, 0.2) is 5.95 Å². The zero-order valence-electron chi connectivity index (χ0n) is 10.9. The van der Waals surface area contributed by atoms with Crippen LogP contribution in [0.25, 0.3) is 11.0 Å². The molecular formula is C13H14N6O. The first kappa shape index (κ1) is 12.2. The highest BCUT2D eigenvalue weighted by Crippen LogP contribution is 2.18. The average molecular weight is 270 g/mol. The predicted octanol–water partition coefficient (Wildman–Crippen LogP) is 1.68. The van der Waals surface area contributed by atoms with Crippen molar-refractivity contribution in [3.8, 4) is 0 Å². The number of nitrogens with two attached hydrogens (primary N) is 1. The molecule has 2 heterocycles. The normalized spacial score (nSPS) is 10.8. The number of anilines is 2. The minimum Gasteiger partial charge on any atom is -0.369 e. The standard InChI is InChI=1S/C13H14N6O/c1-2-7-6-15-13(16-7)19-11(20)8-4-3-5-9-10(8)18-12(14)17-9/h3-6H,2H2,1H3,(H3,14,17,18)(H2,15,16,19,20). The summed E-state index contributed by atoms with van der Waals surface area (Å²) in [5.74, 6) is 0.429. The third kappa shape index (κ3) is 2.09. The van der Waals surface area contributed by atoms with Gasteiger partial charge < -0.3 is 15.7 Å². The quantitative estimate of drug-likeness (QED) is 0.580. The molecule has 0 aliphatic carbocycles. The maximum Gasteiger partial charge on any atom is 0.260 e. The van der Waals surface area contributed by atoms with Gasteiger partial charge in [0.25, 0.3) is 5.91 Å². The van der Waals surface area contributed by atoms with Crippen LogP contribution in [0.1, 0.15) is 23.0 Å². The molecule has 0 saturated carbocycles. The number of rotatable bonds is 3. The molecule has 5 N–H and O–H groups in total. The number of nitrogen functional groups attached to an aromatic ring is 1. The maximum absolute atomic E-state index is 12.3. The molecule has 0 fully saturated rings. The highest BCUT2D eigenvalue weighted by atomic mass is 16.1. The van der Waals surface area contributed by atoms with Crippen LogP contribution in [0, 0.1) is 0 Å². The monoisotopic (exact) mass is 270 g/mol. The van der Waals surface area contributed by atoms with Gasteiger partial charge in [-0.25, -0.2) is 9.97 Å². The van der Waals surface area contributed by atoms with Crippen LogP contribution in [0.2, 0.25) is 0 Å². The molecule has 1 amide bonds. The van der Waals surface area contributed by atoms with Crippen LogP contribution in [0.4, 0.5) is 11.9 Å². The van der Waals surface area contributed by atoms with Crippen molar-refractivity contribution in [2.75, 3.05) is 11.1 Å². The highest BCUT2D eigenvalue weighted by Gasteiger charge is 2.14. The number of para-hydroxylation sites is 1. The first-order valence-electron chi connectivity index (χ1n) is 6.27. The van der Waals surface area contributed by atoms with Crippen LogP contribution in [-0.4, -0.2) is 25.8 Å². The van der Waals surface area contributed by atoms with Crippen LogP contribution in [0.3, 0.4) is 0 Å². The van der Waals surface area contributed by atoms with E-state index in [4.69, 9.17) is 5.73 Å². The van der Waals surface area contributed by atoms with Crippen molar-refractivity contribution in [2.45, 2.75) is 13.3 Å². The summed E-state index contributed by atoms with van der Waals surface area (Å²) in [6, 6.07) is 5.29. The third-order valence-corrected chi connectivity index (χ3v) is 3.02. The van der Waals surface area contributed by atoms with E-state index in [9.17, 15) is 4.79 Å². The van der Waals surface area contributed by atoms with Gasteiger partial charge in [0.1, 0.15) is 5.52 Å². The van der Waals surface area contributed by atoms with E-state index in [1.807, 2.05) is 13.0 Å². The van der Waals surface area contributed by atoms with Crippen molar-refractivity contribution >= 4 is 28.8 Å². The summed E-state index contributed by atoms with van der Waals surface area (Å²) in [5.41, 5.74) is 8.30. The van der Waals surface area contributed by atoms with Gasteiger partial charge in [-0.15, -0.1) is 0 Å². The average Bonchev–Trinajstić information content (AvgIpc) is 3.02. The fourth-order valence-corrected chi connectivity index (χ4v) is 2.01. The van der Waals surface area contributed by atoms with Gasteiger partial charge in [-0.05, 0) is 18.6 Å². The molecule has 0 radical (unpaired) electrons. The van der Waals surface area contributed by atoms with E-state index in [2.05, 4.69) is 25.3 Å². The summed E-state index contributed by atoms with van der Waals surface area (Å²) in [5, 5.41) is 2.71. The number of nitrogens with zero attached hydrogens (tertiary/aromatic N) is 2. The lowest BCUT2D eigenvalue weighted by Gasteiger charge is -2.02. The number of amides is 1. The van der Waals surface area contributed by atoms with Gasteiger partial charge in [-0.1, -0.05) is 13.0 Å². The Morgan fingerprint density at radius 1 is 1.40 bits per heavy atom. The SMILES string of the molecule is CCc1cnc(NC(=O)c2cccc3[nH]c(N)nc23)[nH]1. The number of imidazole rings is 2. The molecule has 2 aromatic heterocycles. The molecule has 20 heavy (non-hydrogen) atoms. The fourth-order valence-electron chi connectivity index (χ4n) is 2.01. The van der Waals surface area contributed by atoms with Gasteiger partial charge in [-0.2, -0.15) is 0 Å². The number of aromatic amines is 2. The fraction of sp³-hybridized carbons (Fsp3) is 0.154. The number of nitrogens with one attached hydrogen (secondary N) is 3. The second kappa shape index (κ2) is 4.69. The molecule has 0 unspecified atom stereocenters. The molecule has 0 atom stereocenters. The summed E-state index contributed by atoms with van der Waals surface area (Å²) < 4.78 is 0. The Labute approximate surface area is 114 Å². The van der Waals surface area contributed by atoms with E-state index >= 15 is 0 Å². The Bertz CT molecular complexity index is 772. The maximum atomic E-state index is 12.3. The molecule has 7 nitrogen and oxygen atoms in total. The molecule has 3 aromatic rings. The Morgan fingerprint density at radius 3 is 3.00 bits per heavy atom. The molecule has 0 aliphatic rings. The Hall–Kier alpha value is -2.83. The summed E-state index contributed by atoms with van der Waals surface area (Å²) in [4.78, 5) is 26.4. The third-order valence-electron chi connectivity index (χ3n) is 3.02. The molecule has 102 valence electrons. The number of benzene rings is 1. The van der Waals surface area contributed by atoms with E-state index < -0.39 is 0 Å². The zero-order valence-corrected chi connectivity index (χ0v) is 10.9. The van der Waals surface area contributed by atoms with Crippen molar-refractivity contribution in [1.29, 1.82) is 0 Å². The molecule has 3 rings (SSSR count). The number of aryl methyl sites for hydroxylation is 1. The topological polar surface area (TPSA) is 112 Å². The van der Waals surface area contributed by atoms with Crippen LogP contribution < -0.4 is 11.1 Å². The van der Waals surface area contributed by atoms with Crippen molar-refractivity contribution in [3.05, 3.63) is 35.7 Å². The van der Waals surface area contributed by atoms with Crippen molar-refractivity contribution < 1.29 is 4.79 Å². The van der Waals surface area contributed by atoms with Crippen LogP contribution in [-0.2, 0) is 6.42 Å². The number of H-pyrrole nitrogens is 2. The molecule has 0 aliphatic heterocycles. The summed E-state index contributed by atoms with van der Waals surface area (Å²) in [7, 11) is 0. The first-order valence-corrected chi connectivity index (χ1v) is 6.27. The molecule has 0 saturated heterocycles. The molecule has 0 spiro atoms. The Kier molecular flexibility index (Phi) is 2.86. The van der Waals surface area contributed by atoms with Gasteiger partial charge >= 0.3 is 0 Å². The van der Waals surface area contributed by atoms with Crippen LogP contribution in [0.15, 0.2) is 24.4 Å². The highest BCUT2D eigenvalue weighted by molar-refractivity contribution is 6.11. The molecule has 0 bridgehead atoms. The lowest BCUT2D eigenvalue weighted by atomic mass is 10.2. The van der Waals surface area contributed by atoms with Gasteiger partial charge in [0, 0.05) is 5.69 Å². The lowest BCUT2D eigenvalue weighted by molar-refractivity contribution is 0.102. The van der Waals surface area contributed by atoms with E-state index in [0.717, 1.165) is 17.6 Å². The minimum absolute atomic E-state index is 0.279. The number of carbonyl (C=O) groups is 1. The number of hydrogen-bond acceptors (Lipinski definition) is 4. The van der Waals surface area contributed by atoms with Crippen LogP contribution in [0.5, 0.6) is 0 Å². The largest absolute Gasteiger partial charge is 0.369 e. The Morgan fingerprint density at radius 2 is 2.25 bits per heavy atom. The molecule has 1 aromatic carbocycles. The van der Waals surface area contributed by atoms with Gasteiger partial charge in [0.05, 0.1) is 17.3 Å². The van der Waals surface area contributed by atoms with E-state index in [-0.39, 0.29) is 11.9 Å². The lowest BCUT2D eigenvalue weighted by Crippen LogP contribution is -2.13. The second-order valence-corrected chi connectivity index (χ2v) is 4.39. The number of hydrogen-bond donors (Lipinski definition) is 4. The van der Waals surface area contributed by atoms with E-state index in [1.165, 1.54) is 0 Å². The van der Waals surface area contributed by atoms with Gasteiger partial charge in [-0.3, -0.25) is 10.1 Å². The molecule has 7 heteroatoms. The number of aromatic nitrogens is 4. The van der Waals surface area contributed by atoms with Crippen LogP contribution >= 0.6 is 0 Å². The Balaban J connectivity index is 1.92. The van der Waals surface area contributed by atoms with E-state index in [0.29, 0.717) is 17.0 Å². The number of fused-ring (bicyclic) bond motifs is 1. The smallest absolute Gasteiger partial charge is 0.260 e. The molecular weight excluding hydrogens is 256 g/mol. The zero-order chi connectivity index (χ0) is 14.1. The summed E-state index contributed by atoms with van der Waals surface area (Å²) >= 11 is 0. The first-order chi connectivity index (χ1) is 9.67.